The lowest BCUT2D eigenvalue weighted by Gasteiger charge is -2.31. The number of hydrogen-bond acceptors (Lipinski definition) is 3. The zero-order valence-electron chi connectivity index (χ0n) is 10.7. The van der Waals surface area contributed by atoms with Gasteiger partial charge >= 0.3 is 0 Å². The number of imidazole rings is 1. The molecule has 3 heterocycles. The quantitative estimate of drug-likeness (QED) is 0.880. The largest absolute Gasteiger partial charge is 0.504 e. The van der Waals surface area contributed by atoms with E-state index in [0.717, 1.165) is 12.1 Å². The zero-order valence-corrected chi connectivity index (χ0v) is 10.7. The molecule has 2 aromatic rings. The Labute approximate surface area is 107 Å². The Bertz CT molecular complexity index is 549. The number of pyridine rings is 1. The number of nitrogens with zero attached hydrogens (tertiary/aromatic N) is 3. The van der Waals surface area contributed by atoms with Crippen LogP contribution in [0.3, 0.4) is 0 Å². The van der Waals surface area contributed by atoms with Gasteiger partial charge < -0.3 is 14.4 Å². The number of fused-ring (bicyclic) bond motifs is 1. The summed E-state index contributed by atoms with van der Waals surface area (Å²) in [6.07, 6.45) is 8.79. The van der Waals surface area contributed by atoms with Gasteiger partial charge in [0.05, 0.1) is 5.69 Å². The van der Waals surface area contributed by atoms with Crippen LogP contribution in [-0.2, 0) is 6.42 Å². The molecule has 0 aromatic carbocycles. The molecular formula is C14H19N3O. The second kappa shape index (κ2) is 4.61. The summed E-state index contributed by atoms with van der Waals surface area (Å²) >= 11 is 0. The first-order valence-corrected chi connectivity index (χ1v) is 6.60. The third kappa shape index (κ3) is 2.08. The fraction of sp³-hybridized carbons (Fsp3) is 0.500. The van der Waals surface area contributed by atoms with Crippen molar-refractivity contribution in [2.75, 3.05) is 13.6 Å². The SMILES string of the molecule is CN1CCCCC1Cc1cn2cccc(O)c2n1. The van der Waals surface area contributed by atoms with E-state index in [4.69, 9.17) is 0 Å². The average Bonchev–Trinajstić information content (AvgIpc) is 2.76. The Morgan fingerprint density at radius 2 is 2.33 bits per heavy atom. The van der Waals surface area contributed by atoms with Crippen LogP contribution >= 0.6 is 0 Å². The normalized spacial score (nSPS) is 21.5. The highest BCUT2D eigenvalue weighted by atomic mass is 16.3. The Hall–Kier alpha value is -1.55. The molecule has 2 aromatic heterocycles. The number of aromatic nitrogens is 2. The van der Waals surface area contributed by atoms with E-state index in [2.05, 4.69) is 16.9 Å². The van der Waals surface area contributed by atoms with Crippen LogP contribution in [0.15, 0.2) is 24.5 Å². The molecular weight excluding hydrogens is 226 g/mol. The van der Waals surface area contributed by atoms with Crippen LogP contribution in [-0.4, -0.2) is 39.0 Å². The number of hydrogen-bond donors (Lipinski definition) is 1. The molecule has 0 bridgehead atoms. The summed E-state index contributed by atoms with van der Waals surface area (Å²) in [5.74, 6) is 0.251. The molecule has 3 rings (SSSR count). The maximum atomic E-state index is 9.75. The van der Waals surface area contributed by atoms with E-state index in [1.807, 2.05) is 22.9 Å². The van der Waals surface area contributed by atoms with E-state index in [-0.39, 0.29) is 5.75 Å². The Morgan fingerprint density at radius 1 is 1.44 bits per heavy atom. The van der Waals surface area contributed by atoms with Gasteiger partial charge in [-0.05, 0) is 38.6 Å². The Balaban J connectivity index is 1.84. The zero-order chi connectivity index (χ0) is 12.5. The van der Waals surface area contributed by atoms with E-state index >= 15 is 0 Å². The van der Waals surface area contributed by atoms with Crippen molar-refractivity contribution >= 4 is 5.65 Å². The van der Waals surface area contributed by atoms with Gasteiger partial charge in [0.15, 0.2) is 11.4 Å². The van der Waals surface area contributed by atoms with Crippen LogP contribution in [0.1, 0.15) is 25.0 Å². The topological polar surface area (TPSA) is 40.8 Å². The van der Waals surface area contributed by atoms with Crippen molar-refractivity contribution in [3.05, 3.63) is 30.2 Å². The Morgan fingerprint density at radius 3 is 3.11 bits per heavy atom. The lowest BCUT2D eigenvalue weighted by atomic mass is 9.99. The molecule has 0 aliphatic carbocycles. The predicted octanol–water partition coefficient (Wildman–Crippen LogP) is 2.07. The van der Waals surface area contributed by atoms with Crippen LogP contribution in [0.5, 0.6) is 5.75 Å². The molecule has 4 heteroatoms. The first-order valence-electron chi connectivity index (χ1n) is 6.60. The molecule has 96 valence electrons. The molecule has 1 aliphatic heterocycles. The summed E-state index contributed by atoms with van der Waals surface area (Å²) in [6, 6.07) is 4.10. The standard InChI is InChI=1S/C14H19N3O/c1-16-7-3-2-5-12(16)9-11-10-17-8-4-6-13(18)14(17)15-11/h4,6,8,10,12,18H,2-3,5,7,9H2,1H3. The van der Waals surface area contributed by atoms with Gasteiger partial charge in [0, 0.05) is 24.9 Å². The van der Waals surface area contributed by atoms with Gasteiger partial charge in [0.2, 0.25) is 0 Å². The van der Waals surface area contributed by atoms with Crippen molar-refractivity contribution in [2.45, 2.75) is 31.7 Å². The summed E-state index contributed by atoms with van der Waals surface area (Å²) in [4.78, 5) is 6.95. The molecule has 1 aliphatic rings. The summed E-state index contributed by atoms with van der Waals surface area (Å²) in [5.41, 5.74) is 1.72. The van der Waals surface area contributed by atoms with Gasteiger partial charge in [0.25, 0.3) is 0 Å². The average molecular weight is 245 g/mol. The van der Waals surface area contributed by atoms with Gasteiger partial charge in [-0.25, -0.2) is 4.98 Å². The van der Waals surface area contributed by atoms with Gasteiger partial charge in [-0.15, -0.1) is 0 Å². The number of rotatable bonds is 2. The molecule has 0 spiro atoms. The molecule has 1 N–H and O–H groups in total. The molecule has 0 amide bonds. The second-order valence-corrected chi connectivity index (χ2v) is 5.19. The smallest absolute Gasteiger partial charge is 0.179 e. The molecule has 1 atom stereocenters. The number of aromatic hydroxyl groups is 1. The maximum Gasteiger partial charge on any atom is 0.179 e. The minimum atomic E-state index is 0.251. The summed E-state index contributed by atoms with van der Waals surface area (Å²) < 4.78 is 1.90. The first kappa shape index (κ1) is 11.5. The van der Waals surface area contributed by atoms with Crippen LogP contribution in [0, 0.1) is 0 Å². The minimum Gasteiger partial charge on any atom is -0.504 e. The Kier molecular flexibility index (Phi) is 2.96. The van der Waals surface area contributed by atoms with Crippen molar-refractivity contribution in [3.8, 4) is 5.75 Å². The number of likely N-dealkylation sites (tertiary alicyclic amines) is 1. The van der Waals surface area contributed by atoms with Crippen molar-refractivity contribution in [1.29, 1.82) is 0 Å². The van der Waals surface area contributed by atoms with Crippen LogP contribution in [0.4, 0.5) is 0 Å². The molecule has 4 nitrogen and oxygen atoms in total. The van der Waals surface area contributed by atoms with E-state index < -0.39 is 0 Å². The van der Waals surface area contributed by atoms with Gasteiger partial charge in [-0.1, -0.05) is 6.42 Å². The fourth-order valence-corrected chi connectivity index (χ4v) is 2.79. The van der Waals surface area contributed by atoms with Gasteiger partial charge in [-0.3, -0.25) is 0 Å². The molecule has 1 unspecified atom stereocenters. The molecule has 0 saturated carbocycles. The third-order valence-electron chi connectivity index (χ3n) is 3.88. The second-order valence-electron chi connectivity index (χ2n) is 5.19. The van der Waals surface area contributed by atoms with E-state index in [1.54, 1.807) is 6.07 Å². The van der Waals surface area contributed by atoms with Crippen molar-refractivity contribution in [1.82, 2.24) is 14.3 Å². The van der Waals surface area contributed by atoms with Crippen molar-refractivity contribution in [2.24, 2.45) is 0 Å². The van der Waals surface area contributed by atoms with Crippen LogP contribution in [0.25, 0.3) is 5.65 Å². The highest BCUT2D eigenvalue weighted by Gasteiger charge is 2.20. The van der Waals surface area contributed by atoms with Gasteiger partial charge in [-0.2, -0.15) is 0 Å². The lowest BCUT2D eigenvalue weighted by Crippen LogP contribution is -2.37. The highest BCUT2D eigenvalue weighted by Crippen LogP contribution is 2.21. The number of likely N-dealkylation sites (N-methyl/N-ethyl adjacent to an activating group) is 1. The summed E-state index contributed by atoms with van der Waals surface area (Å²) in [7, 11) is 2.19. The maximum absolute atomic E-state index is 9.75. The highest BCUT2D eigenvalue weighted by molar-refractivity contribution is 5.53. The number of piperidine rings is 1. The monoisotopic (exact) mass is 245 g/mol. The van der Waals surface area contributed by atoms with E-state index in [1.165, 1.54) is 25.8 Å². The molecule has 0 radical (unpaired) electrons. The molecule has 1 fully saturated rings. The van der Waals surface area contributed by atoms with Crippen molar-refractivity contribution < 1.29 is 5.11 Å². The van der Waals surface area contributed by atoms with Gasteiger partial charge in [0.1, 0.15) is 0 Å². The molecule has 1 saturated heterocycles. The first-order chi connectivity index (χ1) is 8.74. The lowest BCUT2D eigenvalue weighted by molar-refractivity contribution is 0.184. The van der Waals surface area contributed by atoms with Crippen LogP contribution < -0.4 is 0 Å². The fourth-order valence-electron chi connectivity index (χ4n) is 2.79. The predicted molar refractivity (Wildman–Crippen MR) is 70.8 cm³/mol. The minimum absolute atomic E-state index is 0.251. The molecule has 18 heavy (non-hydrogen) atoms. The summed E-state index contributed by atoms with van der Waals surface area (Å²) in [5, 5.41) is 9.75. The van der Waals surface area contributed by atoms with E-state index in [9.17, 15) is 5.11 Å². The third-order valence-corrected chi connectivity index (χ3v) is 3.88. The van der Waals surface area contributed by atoms with E-state index in [0.29, 0.717) is 11.7 Å². The summed E-state index contributed by atoms with van der Waals surface area (Å²) in [6.45, 7) is 1.18. The van der Waals surface area contributed by atoms with Crippen molar-refractivity contribution in [3.63, 3.8) is 0 Å². The van der Waals surface area contributed by atoms with Crippen LogP contribution in [0.2, 0.25) is 0 Å².